The normalized spacial score (nSPS) is 10.9. The molecule has 0 aliphatic carbocycles. The summed E-state index contributed by atoms with van der Waals surface area (Å²) in [5, 5.41) is -0.188. The number of rotatable bonds is 4. The monoisotopic (exact) mass is 357 g/mol. The van der Waals surface area contributed by atoms with Crippen LogP contribution < -0.4 is 5.43 Å². The molecule has 0 radical (unpaired) electrons. The van der Waals surface area contributed by atoms with E-state index in [1.54, 1.807) is 44.2 Å². The largest absolute Gasteiger partial charge is 0.462 e. The molecule has 0 aliphatic heterocycles. The first-order valence-electron chi connectivity index (χ1n) is 8.27. The van der Waals surface area contributed by atoms with E-state index >= 15 is 4.39 Å². The summed E-state index contributed by atoms with van der Waals surface area (Å²) in [6, 6.07) is 9.26. The van der Waals surface area contributed by atoms with Gasteiger partial charge in [0.1, 0.15) is 11.4 Å². The van der Waals surface area contributed by atoms with Crippen LogP contribution >= 0.6 is 0 Å². The average Bonchev–Trinajstić information content (AvgIpc) is 2.63. The molecular weight excluding hydrogens is 340 g/mol. The summed E-state index contributed by atoms with van der Waals surface area (Å²) in [6.45, 7) is 3.74. The molecular formula is C20H17F2NO3. The minimum atomic E-state index is -0.859. The van der Waals surface area contributed by atoms with Crippen LogP contribution in [0.2, 0.25) is 0 Å². The van der Waals surface area contributed by atoms with Crippen molar-refractivity contribution in [2.45, 2.75) is 20.4 Å². The van der Waals surface area contributed by atoms with Gasteiger partial charge < -0.3 is 9.30 Å². The topological polar surface area (TPSA) is 48.3 Å². The molecule has 1 heterocycles. The van der Waals surface area contributed by atoms with Crippen molar-refractivity contribution >= 4 is 16.9 Å². The Morgan fingerprint density at radius 2 is 1.85 bits per heavy atom. The van der Waals surface area contributed by atoms with Gasteiger partial charge in [0, 0.05) is 12.7 Å². The van der Waals surface area contributed by atoms with Crippen molar-refractivity contribution in [2.24, 2.45) is 0 Å². The van der Waals surface area contributed by atoms with Gasteiger partial charge in [0.2, 0.25) is 5.43 Å². The molecule has 0 saturated carbocycles. The van der Waals surface area contributed by atoms with E-state index in [2.05, 4.69) is 0 Å². The van der Waals surface area contributed by atoms with E-state index in [1.807, 2.05) is 0 Å². The third-order valence-corrected chi connectivity index (χ3v) is 4.15. The summed E-state index contributed by atoms with van der Waals surface area (Å²) < 4.78 is 36.2. The maximum absolute atomic E-state index is 15.2. The number of nitrogens with zero attached hydrogens (tertiary/aromatic N) is 1. The fourth-order valence-corrected chi connectivity index (χ4v) is 2.96. The summed E-state index contributed by atoms with van der Waals surface area (Å²) in [5.41, 5.74) is -0.864. The third-order valence-electron chi connectivity index (χ3n) is 4.15. The molecule has 0 fully saturated rings. The number of carbonyl (C=O) groups excluding carboxylic acids is 1. The number of aryl methyl sites for hydroxylation is 1. The highest BCUT2D eigenvalue weighted by Crippen LogP contribution is 2.31. The van der Waals surface area contributed by atoms with Gasteiger partial charge in [-0.1, -0.05) is 30.3 Å². The zero-order valence-corrected chi connectivity index (χ0v) is 14.4. The molecule has 0 atom stereocenters. The molecule has 3 aromatic rings. The van der Waals surface area contributed by atoms with E-state index in [1.165, 1.54) is 10.8 Å². The number of fused-ring (bicyclic) bond motifs is 1. The highest BCUT2D eigenvalue weighted by atomic mass is 19.1. The van der Waals surface area contributed by atoms with Crippen LogP contribution in [0.5, 0.6) is 0 Å². The third kappa shape index (κ3) is 2.87. The van der Waals surface area contributed by atoms with Crippen LogP contribution in [0.4, 0.5) is 8.78 Å². The minimum absolute atomic E-state index is 0.0363. The van der Waals surface area contributed by atoms with Gasteiger partial charge in [-0.25, -0.2) is 13.6 Å². The molecule has 1 aromatic heterocycles. The zero-order chi connectivity index (χ0) is 18.8. The highest BCUT2D eigenvalue weighted by Gasteiger charge is 2.23. The van der Waals surface area contributed by atoms with Crippen molar-refractivity contribution in [2.75, 3.05) is 6.61 Å². The van der Waals surface area contributed by atoms with Crippen molar-refractivity contribution in [3.05, 3.63) is 70.0 Å². The molecule has 0 unspecified atom stereocenters. The SMILES string of the molecule is CCOC(=O)c1cn(CC)c2c(F)c(-c3ccccc3)c(F)cc2c1=O. The van der Waals surface area contributed by atoms with Gasteiger partial charge in [0.05, 0.1) is 23.1 Å². The molecule has 0 aliphatic rings. The second-order valence-electron chi connectivity index (χ2n) is 5.69. The second-order valence-corrected chi connectivity index (χ2v) is 5.69. The van der Waals surface area contributed by atoms with E-state index < -0.39 is 23.0 Å². The quantitative estimate of drug-likeness (QED) is 0.659. The van der Waals surface area contributed by atoms with Crippen LogP contribution in [0.15, 0.2) is 47.4 Å². The average molecular weight is 357 g/mol. The van der Waals surface area contributed by atoms with Gasteiger partial charge in [-0.15, -0.1) is 0 Å². The van der Waals surface area contributed by atoms with Crippen LogP contribution in [0.1, 0.15) is 24.2 Å². The van der Waals surface area contributed by atoms with Gasteiger partial charge in [-0.05, 0) is 25.5 Å². The van der Waals surface area contributed by atoms with E-state index in [4.69, 9.17) is 4.74 Å². The Hall–Kier alpha value is -3.02. The van der Waals surface area contributed by atoms with Crippen molar-refractivity contribution in [3.8, 4) is 11.1 Å². The number of hydrogen-bond acceptors (Lipinski definition) is 3. The van der Waals surface area contributed by atoms with Gasteiger partial charge in [-0.2, -0.15) is 0 Å². The first-order valence-corrected chi connectivity index (χ1v) is 8.27. The Kier molecular flexibility index (Phi) is 4.84. The first-order chi connectivity index (χ1) is 12.5. The van der Waals surface area contributed by atoms with E-state index in [0.717, 1.165) is 6.07 Å². The molecule has 4 nitrogen and oxygen atoms in total. The molecule has 2 aromatic carbocycles. The minimum Gasteiger partial charge on any atom is -0.462 e. The Bertz CT molecular complexity index is 1040. The fourth-order valence-electron chi connectivity index (χ4n) is 2.96. The van der Waals surface area contributed by atoms with Crippen molar-refractivity contribution in [1.29, 1.82) is 0 Å². The van der Waals surface area contributed by atoms with Crippen molar-refractivity contribution in [3.63, 3.8) is 0 Å². The number of pyridine rings is 1. The molecule has 6 heteroatoms. The molecule has 0 saturated heterocycles. The van der Waals surface area contributed by atoms with Crippen LogP contribution in [0, 0.1) is 11.6 Å². The summed E-state index contributed by atoms with van der Waals surface area (Å²) in [4.78, 5) is 24.6. The molecule has 26 heavy (non-hydrogen) atoms. The van der Waals surface area contributed by atoms with E-state index in [-0.39, 0.29) is 28.6 Å². The smallest absolute Gasteiger partial charge is 0.343 e. The maximum Gasteiger partial charge on any atom is 0.343 e. The molecule has 0 amide bonds. The lowest BCUT2D eigenvalue weighted by atomic mass is 10.0. The standard InChI is InChI=1S/C20H17F2NO3/c1-3-23-11-14(20(25)26-4-2)19(24)13-10-15(21)16(17(22)18(13)23)12-8-6-5-7-9-12/h5-11H,3-4H2,1-2H3. The number of carbonyl (C=O) groups is 1. The van der Waals surface area contributed by atoms with Crippen LogP contribution in [0.25, 0.3) is 22.0 Å². The Balaban J connectivity index is 2.38. The molecule has 0 spiro atoms. The molecule has 0 N–H and O–H groups in total. The number of esters is 1. The molecule has 3 rings (SSSR count). The maximum atomic E-state index is 15.2. The molecule has 0 bridgehead atoms. The number of ether oxygens (including phenoxy) is 1. The Labute approximate surface area is 148 Å². The lowest BCUT2D eigenvalue weighted by Gasteiger charge is -2.15. The zero-order valence-electron chi connectivity index (χ0n) is 14.4. The van der Waals surface area contributed by atoms with Crippen molar-refractivity contribution < 1.29 is 18.3 Å². The number of hydrogen-bond donors (Lipinski definition) is 0. The highest BCUT2D eigenvalue weighted by molar-refractivity contribution is 5.95. The van der Waals surface area contributed by atoms with Crippen LogP contribution in [-0.4, -0.2) is 17.1 Å². The second kappa shape index (κ2) is 7.07. The van der Waals surface area contributed by atoms with Gasteiger partial charge in [-0.3, -0.25) is 4.79 Å². The summed E-state index contributed by atoms with van der Waals surface area (Å²) in [6.07, 6.45) is 1.26. The summed E-state index contributed by atoms with van der Waals surface area (Å²) in [7, 11) is 0. The van der Waals surface area contributed by atoms with Crippen LogP contribution in [0.3, 0.4) is 0 Å². The number of benzene rings is 2. The Morgan fingerprint density at radius 3 is 2.46 bits per heavy atom. The van der Waals surface area contributed by atoms with Gasteiger partial charge >= 0.3 is 5.97 Å². The number of aromatic nitrogens is 1. The lowest BCUT2D eigenvalue weighted by molar-refractivity contribution is 0.0524. The molecule has 134 valence electrons. The van der Waals surface area contributed by atoms with Gasteiger partial charge in [0.15, 0.2) is 5.82 Å². The van der Waals surface area contributed by atoms with Gasteiger partial charge in [0.25, 0.3) is 0 Å². The Morgan fingerprint density at radius 1 is 1.15 bits per heavy atom. The summed E-state index contributed by atoms with van der Waals surface area (Å²) in [5.74, 6) is -2.50. The first kappa shape index (κ1) is 17.8. The van der Waals surface area contributed by atoms with E-state index in [9.17, 15) is 14.0 Å². The lowest BCUT2D eigenvalue weighted by Crippen LogP contribution is -2.21. The predicted octanol–water partition coefficient (Wildman–Crippen LogP) is 4.14. The number of halogens is 2. The fraction of sp³-hybridized carbons (Fsp3) is 0.200. The van der Waals surface area contributed by atoms with Crippen molar-refractivity contribution in [1.82, 2.24) is 4.57 Å². The summed E-state index contributed by atoms with van der Waals surface area (Å²) >= 11 is 0. The van der Waals surface area contributed by atoms with Crippen LogP contribution in [-0.2, 0) is 11.3 Å². The van der Waals surface area contributed by atoms with E-state index in [0.29, 0.717) is 12.1 Å². The predicted molar refractivity (Wildman–Crippen MR) is 95.2 cm³/mol.